The highest BCUT2D eigenvalue weighted by atomic mass is 16.3. The van der Waals surface area contributed by atoms with Crippen LogP contribution in [-0.2, 0) is 0 Å². The van der Waals surface area contributed by atoms with E-state index in [1.807, 2.05) is 0 Å². The standard InChI is InChI=1S/C6H14O2/c1-5(2,7)6(3,4)8/h7-8H,1-4H3/i1D. The van der Waals surface area contributed by atoms with Crippen LogP contribution < -0.4 is 0 Å². The van der Waals surface area contributed by atoms with Crippen LogP contribution in [0.5, 0.6) is 0 Å². The van der Waals surface area contributed by atoms with Crippen LogP contribution in [0.3, 0.4) is 0 Å². The second-order valence-corrected chi connectivity index (χ2v) is 2.83. The van der Waals surface area contributed by atoms with Crippen LogP contribution in [0, 0.1) is 0 Å². The van der Waals surface area contributed by atoms with E-state index >= 15 is 0 Å². The van der Waals surface area contributed by atoms with Crippen molar-refractivity contribution in [3.8, 4) is 0 Å². The molecule has 2 heteroatoms. The molecule has 0 heterocycles. The Morgan fingerprint density at radius 3 is 1.50 bits per heavy atom. The first-order valence-corrected chi connectivity index (χ1v) is 2.55. The smallest absolute Gasteiger partial charge is 0.0872 e. The molecular formula is C6H14O2. The Morgan fingerprint density at radius 2 is 1.50 bits per heavy atom. The van der Waals surface area contributed by atoms with E-state index in [1.54, 1.807) is 0 Å². The second kappa shape index (κ2) is 1.71. The molecule has 0 spiro atoms. The maximum absolute atomic E-state index is 9.22. The van der Waals surface area contributed by atoms with Gasteiger partial charge in [0.25, 0.3) is 0 Å². The van der Waals surface area contributed by atoms with Crippen LogP contribution in [0.1, 0.15) is 29.0 Å². The SMILES string of the molecule is [2H]CC(C)(O)C(C)(C)O. The van der Waals surface area contributed by atoms with E-state index in [4.69, 9.17) is 1.37 Å². The highest BCUT2D eigenvalue weighted by Gasteiger charge is 2.31. The molecule has 0 amide bonds. The molecule has 8 heavy (non-hydrogen) atoms. The van der Waals surface area contributed by atoms with E-state index < -0.39 is 11.2 Å². The molecular weight excluding hydrogens is 104 g/mol. The van der Waals surface area contributed by atoms with Gasteiger partial charge in [-0.25, -0.2) is 0 Å². The van der Waals surface area contributed by atoms with E-state index in [2.05, 4.69) is 0 Å². The molecule has 0 rings (SSSR count). The van der Waals surface area contributed by atoms with Gasteiger partial charge in [-0.15, -0.1) is 0 Å². The maximum atomic E-state index is 9.22. The molecule has 50 valence electrons. The normalized spacial score (nSPS) is 21.9. The molecule has 0 saturated heterocycles. The summed E-state index contributed by atoms with van der Waals surface area (Å²) in [5, 5.41) is 18.4. The molecule has 2 N–H and O–H groups in total. The van der Waals surface area contributed by atoms with Crippen LogP contribution in [0.25, 0.3) is 0 Å². The summed E-state index contributed by atoms with van der Waals surface area (Å²) in [6.45, 7) is 4.24. The molecule has 0 aliphatic rings. The van der Waals surface area contributed by atoms with E-state index in [0.717, 1.165) is 0 Å². The third-order valence-corrected chi connectivity index (χ3v) is 1.32. The maximum Gasteiger partial charge on any atom is 0.0872 e. The fraction of sp³-hybridized carbons (Fsp3) is 1.00. The second-order valence-electron chi connectivity index (χ2n) is 2.83. The van der Waals surface area contributed by atoms with Crippen molar-refractivity contribution in [2.45, 2.75) is 38.9 Å². The fourth-order valence-electron chi connectivity index (χ4n) is 0. The minimum Gasteiger partial charge on any atom is -0.387 e. The van der Waals surface area contributed by atoms with Crippen molar-refractivity contribution < 1.29 is 11.6 Å². The summed E-state index contributed by atoms with van der Waals surface area (Å²) >= 11 is 0. The van der Waals surface area contributed by atoms with Crippen LogP contribution in [0.15, 0.2) is 0 Å². The molecule has 0 aliphatic carbocycles. The van der Waals surface area contributed by atoms with Crippen molar-refractivity contribution >= 4 is 0 Å². The molecule has 0 bridgehead atoms. The van der Waals surface area contributed by atoms with Gasteiger partial charge in [0.1, 0.15) is 0 Å². The van der Waals surface area contributed by atoms with E-state index in [-0.39, 0.29) is 6.90 Å². The Kier molecular flexibility index (Phi) is 1.29. The van der Waals surface area contributed by atoms with Crippen LogP contribution in [0.2, 0.25) is 0 Å². The van der Waals surface area contributed by atoms with Crippen molar-refractivity contribution in [2.24, 2.45) is 0 Å². The lowest BCUT2D eigenvalue weighted by Gasteiger charge is -2.31. The molecule has 0 aromatic heterocycles. The summed E-state index contributed by atoms with van der Waals surface area (Å²) in [5.74, 6) is 0. The van der Waals surface area contributed by atoms with Gasteiger partial charge in [0.2, 0.25) is 0 Å². The average Bonchev–Trinajstić information content (AvgIpc) is 1.64. The van der Waals surface area contributed by atoms with Gasteiger partial charge in [-0.2, -0.15) is 0 Å². The van der Waals surface area contributed by atoms with Crippen LogP contribution in [-0.4, -0.2) is 21.4 Å². The molecule has 0 radical (unpaired) electrons. The van der Waals surface area contributed by atoms with Crippen LogP contribution in [0.4, 0.5) is 0 Å². The number of aliphatic hydroxyl groups is 2. The Balaban J connectivity index is 4.14. The first-order valence-electron chi connectivity index (χ1n) is 3.26. The van der Waals surface area contributed by atoms with E-state index in [0.29, 0.717) is 0 Å². The van der Waals surface area contributed by atoms with Gasteiger partial charge >= 0.3 is 0 Å². The Hall–Kier alpha value is -0.0800. The van der Waals surface area contributed by atoms with E-state index in [1.165, 1.54) is 20.8 Å². The monoisotopic (exact) mass is 119 g/mol. The third kappa shape index (κ3) is 1.80. The predicted octanol–water partition coefficient (Wildman–Crippen LogP) is 0.528. The van der Waals surface area contributed by atoms with Gasteiger partial charge < -0.3 is 10.2 Å². The summed E-state index contributed by atoms with van der Waals surface area (Å²) in [5.41, 5.74) is -2.48. The minimum absolute atomic E-state index is 0.184. The first kappa shape index (κ1) is 6.05. The highest BCUT2D eigenvalue weighted by molar-refractivity contribution is 4.84. The largest absolute Gasteiger partial charge is 0.387 e. The third-order valence-electron chi connectivity index (χ3n) is 1.32. The quantitative estimate of drug-likeness (QED) is 0.528. The molecule has 1 atom stereocenters. The highest BCUT2D eigenvalue weighted by Crippen LogP contribution is 2.18. The molecule has 0 aliphatic heterocycles. The lowest BCUT2D eigenvalue weighted by atomic mass is 9.90. The minimum atomic E-state index is -1.30. The molecule has 0 saturated carbocycles. The Morgan fingerprint density at radius 1 is 1.12 bits per heavy atom. The van der Waals surface area contributed by atoms with Crippen LogP contribution >= 0.6 is 0 Å². The number of hydrogen-bond donors (Lipinski definition) is 2. The Labute approximate surface area is 51.6 Å². The van der Waals surface area contributed by atoms with Crippen molar-refractivity contribution in [3.05, 3.63) is 0 Å². The summed E-state index contributed by atoms with van der Waals surface area (Å²) in [4.78, 5) is 0. The summed E-state index contributed by atoms with van der Waals surface area (Å²) in [6.07, 6.45) is 0. The lowest BCUT2D eigenvalue weighted by Crippen LogP contribution is -2.44. The predicted molar refractivity (Wildman–Crippen MR) is 32.6 cm³/mol. The topological polar surface area (TPSA) is 40.5 Å². The zero-order valence-electron chi connectivity index (χ0n) is 6.60. The van der Waals surface area contributed by atoms with Crippen molar-refractivity contribution in [1.82, 2.24) is 0 Å². The number of hydrogen-bond acceptors (Lipinski definition) is 2. The summed E-state index contributed by atoms with van der Waals surface area (Å²) in [6, 6.07) is 0. The summed E-state index contributed by atoms with van der Waals surface area (Å²) in [7, 11) is 0. The lowest BCUT2D eigenvalue weighted by molar-refractivity contribution is -0.107. The van der Waals surface area contributed by atoms with Crippen molar-refractivity contribution in [2.75, 3.05) is 0 Å². The van der Waals surface area contributed by atoms with Gasteiger partial charge in [0, 0.05) is 1.37 Å². The van der Waals surface area contributed by atoms with E-state index in [9.17, 15) is 10.2 Å². The average molecular weight is 119 g/mol. The fourth-order valence-corrected chi connectivity index (χ4v) is 0. The molecule has 0 fully saturated rings. The first-order chi connectivity index (χ1) is 3.81. The summed E-state index contributed by atoms with van der Waals surface area (Å²) < 4.78 is 6.85. The zero-order chi connectivity index (χ0) is 7.71. The molecule has 0 aromatic rings. The Bertz CT molecular complexity index is 93.7. The van der Waals surface area contributed by atoms with Gasteiger partial charge in [-0.05, 0) is 27.7 Å². The van der Waals surface area contributed by atoms with Gasteiger partial charge in [0.15, 0.2) is 0 Å². The van der Waals surface area contributed by atoms with Crippen molar-refractivity contribution in [3.63, 3.8) is 0 Å². The molecule has 0 aromatic carbocycles. The molecule has 2 nitrogen and oxygen atoms in total. The van der Waals surface area contributed by atoms with Gasteiger partial charge in [0.05, 0.1) is 11.2 Å². The van der Waals surface area contributed by atoms with Gasteiger partial charge in [-0.3, -0.25) is 0 Å². The van der Waals surface area contributed by atoms with Crippen molar-refractivity contribution in [1.29, 1.82) is 0 Å². The molecule has 1 unspecified atom stereocenters. The number of rotatable bonds is 1. The van der Waals surface area contributed by atoms with Gasteiger partial charge in [-0.1, -0.05) is 0 Å². The zero-order valence-corrected chi connectivity index (χ0v) is 5.60.